The summed E-state index contributed by atoms with van der Waals surface area (Å²) in [6.07, 6.45) is 8.39. The Morgan fingerprint density at radius 2 is 1.89 bits per heavy atom. The van der Waals surface area contributed by atoms with Crippen molar-refractivity contribution < 1.29 is 4.74 Å². The maximum Gasteiger partial charge on any atom is 0.0593 e. The molecule has 2 saturated carbocycles. The van der Waals surface area contributed by atoms with Crippen LogP contribution in [0.4, 0.5) is 0 Å². The summed E-state index contributed by atoms with van der Waals surface area (Å²) < 4.78 is 5.68. The fourth-order valence-corrected chi connectivity index (χ4v) is 2.93. The van der Waals surface area contributed by atoms with Gasteiger partial charge < -0.3 is 15.0 Å². The minimum atomic E-state index is 0.758. The Hall–Kier alpha value is -0.120. The highest BCUT2D eigenvalue weighted by Crippen LogP contribution is 2.28. The predicted octanol–water partition coefficient (Wildman–Crippen LogP) is 2.51. The molecule has 2 atom stereocenters. The number of hydrogen-bond donors (Lipinski definition) is 1. The molecular weight excluding hydrogens is 236 g/mol. The van der Waals surface area contributed by atoms with Crippen LogP contribution in [0.25, 0.3) is 0 Å². The fourth-order valence-electron chi connectivity index (χ4n) is 2.93. The third-order valence-electron chi connectivity index (χ3n) is 4.68. The Labute approximate surface area is 119 Å². The molecule has 19 heavy (non-hydrogen) atoms. The van der Waals surface area contributed by atoms with Gasteiger partial charge in [-0.25, -0.2) is 0 Å². The zero-order chi connectivity index (χ0) is 13.5. The fraction of sp³-hybridized carbons (Fsp3) is 1.00. The van der Waals surface area contributed by atoms with Crippen molar-refractivity contribution in [1.29, 1.82) is 0 Å². The molecular formula is C16H32N2O. The van der Waals surface area contributed by atoms with E-state index in [1.165, 1.54) is 38.5 Å². The van der Waals surface area contributed by atoms with Crippen molar-refractivity contribution in [3.63, 3.8) is 0 Å². The summed E-state index contributed by atoms with van der Waals surface area (Å²) in [5.41, 5.74) is 0. The minimum absolute atomic E-state index is 0.758. The predicted molar refractivity (Wildman–Crippen MR) is 80.5 cm³/mol. The van der Waals surface area contributed by atoms with Crippen molar-refractivity contribution in [2.75, 3.05) is 39.9 Å². The molecule has 0 heterocycles. The van der Waals surface area contributed by atoms with Gasteiger partial charge in [0, 0.05) is 32.3 Å². The summed E-state index contributed by atoms with van der Waals surface area (Å²) in [6, 6.07) is 0.758. The third kappa shape index (κ3) is 6.24. The molecule has 3 heteroatoms. The molecule has 0 aromatic heterocycles. The largest absolute Gasteiger partial charge is 0.380 e. The van der Waals surface area contributed by atoms with Crippen molar-refractivity contribution in [3.8, 4) is 0 Å². The molecule has 0 aromatic carbocycles. The number of ether oxygens (including phenoxy) is 1. The van der Waals surface area contributed by atoms with Crippen LogP contribution in [-0.4, -0.2) is 50.8 Å². The summed E-state index contributed by atoms with van der Waals surface area (Å²) in [5, 5.41) is 3.74. The lowest BCUT2D eigenvalue weighted by molar-refractivity contribution is 0.103. The average molecular weight is 268 g/mol. The van der Waals surface area contributed by atoms with E-state index >= 15 is 0 Å². The maximum atomic E-state index is 5.68. The first-order chi connectivity index (χ1) is 9.25. The lowest BCUT2D eigenvalue weighted by atomic mass is 9.86. The van der Waals surface area contributed by atoms with Gasteiger partial charge in [0.15, 0.2) is 0 Å². The van der Waals surface area contributed by atoms with E-state index in [1.807, 2.05) is 0 Å². The molecule has 0 saturated heterocycles. The van der Waals surface area contributed by atoms with E-state index in [0.717, 1.165) is 50.7 Å². The van der Waals surface area contributed by atoms with Gasteiger partial charge in [-0.1, -0.05) is 19.8 Å². The molecule has 3 nitrogen and oxygen atoms in total. The van der Waals surface area contributed by atoms with Gasteiger partial charge in [0.1, 0.15) is 0 Å². The zero-order valence-electron chi connectivity index (χ0n) is 12.9. The standard InChI is InChI=1S/C16H32N2O/c1-14-5-3-4-6-16(14)17-9-10-18(2)11-12-19-13-15-7-8-15/h14-17H,3-13H2,1-2H3. The topological polar surface area (TPSA) is 24.5 Å². The molecule has 2 rings (SSSR count). The maximum absolute atomic E-state index is 5.68. The monoisotopic (exact) mass is 268 g/mol. The highest BCUT2D eigenvalue weighted by Gasteiger charge is 2.21. The van der Waals surface area contributed by atoms with Crippen LogP contribution in [0.3, 0.4) is 0 Å². The molecule has 0 spiro atoms. The Balaban J connectivity index is 1.44. The summed E-state index contributed by atoms with van der Waals surface area (Å²) in [5.74, 6) is 1.75. The van der Waals surface area contributed by atoms with Crippen molar-refractivity contribution in [3.05, 3.63) is 0 Å². The summed E-state index contributed by atoms with van der Waals surface area (Å²) in [7, 11) is 2.20. The number of likely N-dealkylation sites (N-methyl/N-ethyl adjacent to an activating group) is 1. The van der Waals surface area contributed by atoms with Crippen LogP contribution >= 0.6 is 0 Å². The molecule has 112 valence electrons. The van der Waals surface area contributed by atoms with Gasteiger partial charge in [0.25, 0.3) is 0 Å². The SMILES string of the molecule is CC1CCCCC1NCCN(C)CCOCC1CC1. The number of hydrogen-bond acceptors (Lipinski definition) is 3. The van der Waals surface area contributed by atoms with E-state index in [1.54, 1.807) is 0 Å². The molecule has 0 bridgehead atoms. The zero-order valence-corrected chi connectivity index (χ0v) is 12.9. The second kappa shape index (κ2) is 8.23. The number of nitrogens with one attached hydrogen (secondary N) is 1. The van der Waals surface area contributed by atoms with Crippen LogP contribution < -0.4 is 5.32 Å². The lowest BCUT2D eigenvalue weighted by Gasteiger charge is -2.30. The van der Waals surface area contributed by atoms with Crippen molar-refractivity contribution >= 4 is 0 Å². The van der Waals surface area contributed by atoms with Gasteiger partial charge in [0.2, 0.25) is 0 Å². The van der Waals surface area contributed by atoms with Gasteiger partial charge in [-0.15, -0.1) is 0 Å². The highest BCUT2D eigenvalue weighted by atomic mass is 16.5. The van der Waals surface area contributed by atoms with Crippen LogP contribution in [0.15, 0.2) is 0 Å². The quantitative estimate of drug-likeness (QED) is 0.650. The Morgan fingerprint density at radius 3 is 2.63 bits per heavy atom. The van der Waals surface area contributed by atoms with Crippen molar-refractivity contribution in [2.24, 2.45) is 11.8 Å². The van der Waals surface area contributed by atoms with Gasteiger partial charge in [0.05, 0.1) is 6.61 Å². The molecule has 1 N–H and O–H groups in total. The van der Waals surface area contributed by atoms with Gasteiger partial charge in [-0.3, -0.25) is 0 Å². The van der Waals surface area contributed by atoms with Crippen LogP contribution in [0.5, 0.6) is 0 Å². The minimum Gasteiger partial charge on any atom is -0.380 e. The molecule has 2 fully saturated rings. The van der Waals surface area contributed by atoms with E-state index in [9.17, 15) is 0 Å². The normalized spacial score (nSPS) is 27.9. The molecule has 0 aromatic rings. The number of rotatable bonds is 9. The molecule has 2 unspecified atom stereocenters. The average Bonchev–Trinajstić information content (AvgIpc) is 3.21. The van der Waals surface area contributed by atoms with E-state index < -0.39 is 0 Å². The first kappa shape index (κ1) is 15.3. The van der Waals surface area contributed by atoms with E-state index in [0.29, 0.717) is 0 Å². The second-order valence-electron chi connectivity index (χ2n) is 6.64. The van der Waals surface area contributed by atoms with E-state index in [2.05, 4.69) is 24.2 Å². The Morgan fingerprint density at radius 1 is 1.11 bits per heavy atom. The van der Waals surface area contributed by atoms with Crippen LogP contribution in [0.2, 0.25) is 0 Å². The second-order valence-corrected chi connectivity index (χ2v) is 6.64. The summed E-state index contributed by atoms with van der Waals surface area (Å²) >= 11 is 0. The third-order valence-corrected chi connectivity index (χ3v) is 4.68. The molecule has 0 amide bonds. The molecule has 0 aliphatic heterocycles. The number of nitrogens with zero attached hydrogens (tertiary/aromatic N) is 1. The van der Waals surface area contributed by atoms with Crippen LogP contribution in [-0.2, 0) is 4.74 Å². The summed E-state index contributed by atoms with van der Waals surface area (Å²) in [4.78, 5) is 2.38. The lowest BCUT2D eigenvalue weighted by Crippen LogP contribution is -2.41. The van der Waals surface area contributed by atoms with Crippen LogP contribution in [0.1, 0.15) is 45.4 Å². The smallest absolute Gasteiger partial charge is 0.0593 e. The molecule has 2 aliphatic rings. The molecule has 2 aliphatic carbocycles. The van der Waals surface area contributed by atoms with Crippen molar-refractivity contribution in [2.45, 2.75) is 51.5 Å². The van der Waals surface area contributed by atoms with E-state index in [4.69, 9.17) is 4.74 Å². The first-order valence-electron chi connectivity index (χ1n) is 8.25. The van der Waals surface area contributed by atoms with Gasteiger partial charge in [-0.05, 0) is 44.6 Å². The van der Waals surface area contributed by atoms with Gasteiger partial charge in [-0.2, -0.15) is 0 Å². The highest BCUT2D eigenvalue weighted by molar-refractivity contribution is 4.78. The van der Waals surface area contributed by atoms with Gasteiger partial charge >= 0.3 is 0 Å². The van der Waals surface area contributed by atoms with E-state index in [-0.39, 0.29) is 0 Å². The molecule has 0 radical (unpaired) electrons. The Bertz CT molecular complexity index is 243. The van der Waals surface area contributed by atoms with Crippen LogP contribution in [0, 0.1) is 11.8 Å². The van der Waals surface area contributed by atoms with Crippen molar-refractivity contribution in [1.82, 2.24) is 10.2 Å². The Kier molecular flexibility index (Phi) is 6.62. The summed E-state index contributed by atoms with van der Waals surface area (Å²) in [6.45, 7) is 7.60. The first-order valence-corrected chi connectivity index (χ1v) is 8.25.